The van der Waals surface area contributed by atoms with Gasteiger partial charge in [0, 0.05) is 21.2 Å². The highest BCUT2D eigenvalue weighted by Gasteiger charge is 2.18. The SMILES string of the molecule is COCC(CO)NS(=O)(=O)N(C)C. The predicted molar refractivity (Wildman–Crippen MR) is 48.5 cm³/mol. The fourth-order valence-corrected chi connectivity index (χ4v) is 1.42. The Morgan fingerprint density at radius 1 is 1.54 bits per heavy atom. The van der Waals surface area contributed by atoms with E-state index < -0.39 is 16.3 Å². The molecule has 0 rings (SSSR count). The highest BCUT2D eigenvalue weighted by Crippen LogP contribution is 1.92. The zero-order valence-corrected chi connectivity index (χ0v) is 8.84. The van der Waals surface area contributed by atoms with Crippen molar-refractivity contribution in [3.8, 4) is 0 Å². The van der Waals surface area contributed by atoms with E-state index in [9.17, 15) is 8.42 Å². The number of ether oxygens (including phenoxy) is 1. The van der Waals surface area contributed by atoms with Crippen molar-refractivity contribution in [1.29, 1.82) is 0 Å². The van der Waals surface area contributed by atoms with Crippen molar-refractivity contribution < 1.29 is 18.3 Å². The second-order valence-electron chi connectivity index (χ2n) is 2.74. The summed E-state index contributed by atoms with van der Waals surface area (Å²) in [5, 5.41) is 8.78. The average molecular weight is 212 g/mol. The molecule has 0 radical (unpaired) electrons. The van der Waals surface area contributed by atoms with Crippen LogP contribution in [0.25, 0.3) is 0 Å². The summed E-state index contributed by atoms with van der Waals surface area (Å²) >= 11 is 0. The smallest absolute Gasteiger partial charge is 0.279 e. The molecule has 0 saturated carbocycles. The molecular formula is C6H16N2O4S. The zero-order chi connectivity index (χ0) is 10.5. The van der Waals surface area contributed by atoms with Crippen LogP contribution in [0.3, 0.4) is 0 Å². The summed E-state index contributed by atoms with van der Waals surface area (Å²) in [6.45, 7) is -0.148. The molecule has 0 saturated heterocycles. The molecule has 0 fully saturated rings. The largest absolute Gasteiger partial charge is 0.395 e. The normalized spacial score (nSPS) is 14.8. The van der Waals surface area contributed by atoms with E-state index in [1.165, 1.54) is 21.2 Å². The van der Waals surface area contributed by atoms with Crippen LogP contribution in [0.4, 0.5) is 0 Å². The van der Waals surface area contributed by atoms with Gasteiger partial charge in [0.15, 0.2) is 0 Å². The van der Waals surface area contributed by atoms with Crippen molar-refractivity contribution in [2.24, 2.45) is 0 Å². The molecule has 2 N–H and O–H groups in total. The number of nitrogens with zero attached hydrogens (tertiary/aromatic N) is 1. The Hall–Kier alpha value is -0.210. The zero-order valence-electron chi connectivity index (χ0n) is 8.02. The Bertz CT molecular complexity index is 227. The summed E-state index contributed by atoms with van der Waals surface area (Å²) in [6, 6.07) is -0.600. The van der Waals surface area contributed by atoms with Gasteiger partial charge in [0.25, 0.3) is 10.2 Å². The van der Waals surface area contributed by atoms with Crippen LogP contribution in [-0.2, 0) is 14.9 Å². The van der Waals surface area contributed by atoms with E-state index in [2.05, 4.69) is 4.72 Å². The minimum Gasteiger partial charge on any atom is -0.395 e. The average Bonchev–Trinajstić information content (AvgIpc) is 2.03. The van der Waals surface area contributed by atoms with E-state index in [1.54, 1.807) is 0 Å². The molecule has 13 heavy (non-hydrogen) atoms. The van der Waals surface area contributed by atoms with Crippen molar-refractivity contribution in [2.45, 2.75) is 6.04 Å². The number of hydrogen-bond acceptors (Lipinski definition) is 4. The summed E-state index contributed by atoms with van der Waals surface area (Å²) < 4.78 is 30.5. The van der Waals surface area contributed by atoms with Gasteiger partial charge in [-0.3, -0.25) is 0 Å². The Morgan fingerprint density at radius 3 is 2.38 bits per heavy atom. The first-order valence-electron chi connectivity index (χ1n) is 3.73. The third-order valence-corrected chi connectivity index (χ3v) is 2.98. The second kappa shape index (κ2) is 5.51. The number of nitrogens with one attached hydrogen (secondary N) is 1. The number of hydrogen-bond donors (Lipinski definition) is 2. The first-order valence-corrected chi connectivity index (χ1v) is 5.17. The van der Waals surface area contributed by atoms with Crippen LogP contribution in [0, 0.1) is 0 Å². The minimum atomic E-state index is -3.49. The summed E-state index contributed by atoms with van der Waals surface area (Å²) in [6.07, 6.45) is 0. The van der Waals surface area contributed by atoms with Gasteiger partial charge in [-0.15, -0.1) is 0 Å². The quantitative estimate of drug-likeness (QED) is 0.555. The van der Waals surface area contributed by atoms with Crippen LogP contribution < -0.4 is 4.72 Å². The minimum absolute atomic E-state index is 0.142. The van der Waals surface area contributed by atoms with Gasteiger partial charge >= 0.3 is 0 Å². The van der Waals surface area contributed by atoms with Gasteiger partial charge < -0.3 is 9.84 Å². The van der Waals surface area contributed by atoms with Crippen LogP contribution in [0.2, 0.25) is 0 Å². The monoisotopic (exact) mass is 212 g/mol. The van der Waals surface area contributed by atoms with Crippen molar-refractivity contribution in [3.63, 3.8) is 0 Å². The molecule has 0 heterocycles. The number of rotatable bonds is 6. The maximum atomic E-state index is 11.2. The summed E-state index contributed by atoms with van der Waals surface area (Å²) in [5.41, 5.74) is 0. The first-order chi connectivity index (χ1) is 5.94. The van der Waals surface area contributed by atoms with Crippen LogP contribution in [0.5, 0.6) is 0 Å². The van der Waals surface area contributed by atoms with Gasteiger partial charge in [-0.25, -0.2) is 0 Å². The third kappa shape index (κ3) is 4.53. The lowest BCUT2D eigenvalue weighted by atomic mass is 10.4. The molecule has 0 amide bonds. The van der Waals surface area contributed by atoms with Gasteiger partial charge in [0.2, 0.25) is 0 Å². The van der Waals surface area contributed by atoms with E-state index in [4.69, 9.17) is 9.84 Å². The van der Waals surface area contributed by atoms with Gasteiger partial charge in [0.05, 0.1) is 19.3 Å². The second-order valence-corrected chi connectivity index (χ2v) is 4.66. The molecule has 0 aromatic carbocycles. The van der Waals surface area contributed by atoms with Gasteiger partial charge in [0.1, 0.15) is 0 Å². The Kier molecular flexibility index (Phi) is 5.42. The van der Waals surface area contributed by atoms with Crippen molar-refractivity contribution >= 4 is 10.2 Å². The topological polar surface area (TPSA) is 78.9 Å². The molecule has 0 aromatic heterocycles. The Morgan fingerprint density at radius 2 is 2.08 bits per heavy atom. The van der Waals surface area contributed by atoms with Crippen molar-refractivity contribution in [2.75, 3.05) is 34.4 Å². The summed E-state index contributed by atoms with van der Waals surface area (Å²) in [4.78, 5) is 0. The van der Waals surface area contributed by atoms with E-state index >= 15 is 0 Å². The molecule has 6 nitrogen and oxygen atoms in total. The fourth-order valence-electron chi connectivity index (χ4n) is 0.641. The van der Waals surface area contributed by atoms with E-state index in [0.29, 0.717) is 0 Å². The molecule has 0 aliphatic heterocycles. The fraction of sp³-hybridized carbons (Fsp3) is 1.00. The van der Waals surface area contributed by atoms with Crippen molar-refractivity contribution in [1.82, 2.24) is 9.03 Å². The molecule has 80 valence electrons. The van der Waals surface area contributed by atoms with E-state index in [-0.39, 0.29) is 13.2 Å². The molecule has 1 atom stereocenters. The van der Waals surface area contributed by atoms with Crippen molar-refractivity contribution in [3.05, 3.63) is 0 Å². The van der Waals surface area contributed by atoms with Crippen LogP contribution in [0.1, 0.15) is 0 Å². The van der Waals surface area contributed by atoms with E-state index in [0.717, 1.165) is 4.31 Å². The Labute approximate surface area is 78.7 Å². The molecule has 7 heteroatoms. The van der Waals surface area contributed by atoms with Crippen LogP contribution in [0.15, 0.2) is 0 Å². The summed E-state index contributed by atoms with van der Waals surface area (Å²) in [5.74, 6) is 0. The molecular weight excluding hydrogens is 196 g/mol. The van der Waals surface area contributed by atoms with E-state index in [1.807, 2.05) is 0 Å². The lowest BCUT2D eigenvalue weighted by Crippen LogP contribution is -2.45. The van der Waals surface area contributed by atoms with Gasteiger partial charge in [-0.1, -0.05) is 0 Å². The molecule has 0 aliphatic rings. The van der Waals surface area contributed by atoms with Gasteiger partial charge in [-0.05, 0) is 0 Å². The molecule has 0 aromatic rings. The van der Waals surface area contributed by atoms with Gasteiger partial charge in [-0.2, -0.15) is 17.4 Å². The molecule has 1 unspecified atom stereocenters. The first kappa shape index (κ1) is 12.8. The lowest BCUT2D eigenvalue weighted by molar-refractivity contribution is 0.138. The van der Waals surface area contributed by atoms with Crippen LogP contribution >= 0.6 is 0 Å². The number of aliphatic hydroxyl groups excluding tert-OH is 1. The Balaban J connectivity index is 4.23. The standard InChI is InChI=1S/C6H16N2O4S/c1-8(2)13(10,11)7-6(4-9)5-12-3/h6-7,9H,4-5H2,1-3H3. The molecule has 0 aliphatic carbocycles. The lowest BCUT2D eigenvalue weighted by Gasteiger charge is -2.18. The number of methoxy groups -OCH3 is 1. The molecule has 0 bridgehead atoms. The maximum absolute atomic E-state index is 11.2. The maximum Gasteiger partial charge on any atom is 0.279 e. The van der Waals surface area contributed by atoms with Crippen LogP contribution in [-0.4, -0.2) is 58.3 Å². The highest BCUT2D eigenvalue weighted by atomic mass is 32.2. The predicted octanol–water partition coefficient (Wildman–Crippen LogP) is -1.61. The number of aliphatic hydroxyl groups is 1. The third-order valence-electron chi connectivity index (χ3n) is 1.38. The summed E-state index contributed by atoms with van der Waals surface area (Å²) in [7, 11) is 0.761. The highest BCUT2D eigenvalue weighted by molar-refractivity contribution is 7.87. The molecule has 0 spiro atoms.